The van der Waals surface area contributed by atoms with Gasteiger partial charge in [0.05, 0.1) is 18.2 Å². The third-order valence-corrected chi connectivity index (χ3v) is 6.93. The van der Waals surface area contributed by atoms with E-state index in [9.17, 15) is 9.59 Å². The highest BCUT2D eigenvalue weighted by molar-refractivity contribution is 7.99. The van der Waals surface area contributed by atoms with E-state index in [0.29, 0.717) is 34.5 Å². The molecule has 1 N–H and O–H groups in total. The minimum Gasteiger partial charge on any atom is -0.463 e. The number of esters is 1. The number of thioether (sulfide) groups is 1. The van der Waals surface area contributed by atoms with Gasteiger partial charge < -0.3 is 14.6 Å². The van der Waals surface area contributed by atoms with Crippen LogP contribution in [-0.2, 0) is 23.6 Å². The Kier molecular flexibility index (Phi) is 7.25. The van der Waals surface area contributed by atoms with E-state index < -0.39 is 12.0 Å². The molecule has 11 heteroatoms. The van der Waals surface area contributed by atoms with Gasteiger partial charge in [-0.2, -0.15) is 5.10 Å². The fourth-order valence-corrected chi connectivity index (χ4v) is 4.96. The zero-order chi connectivity index (χ0) is 25.1. The lowest BCUT2D eigenvalue weighted by molar-refractivity contribution is -0.139. The molecule has 1 atom stereocenters. The first-order valence-electron chi connectivity index (χ1n) is 11.4. The number of hydrogen-bond donors (Lipinski definition) is 1. The molecule has 1 aliphatic heterocycles. The highest BCUT2D eigenvalue weighted by Gasteiger charge is 2.37. The molecule has 4 rings (SSSR count). The Balaban J connectivity index is 1.71. The van der Waals surface area contributed by atoms with E-state index in [2.05, 4.69) is 20.6 Å². The summed E-state index contributed by atoms with van der Waals surface area (Å²) in [5, 5.41) is 16.8. The molecule has 1 unspecified atom stereocenters. The van der Waals surface area contributed by atoms with E-state index in [-0.39, 0.29) is 12.6 Å². The molecule has 10 nitrogen and oxygen atoms in total. The van der Waals surface area contributed by atoms with Gasteiger partial charge in [-0.05, 0) is 32.4 Å². The van der Waals surface area contributed by atoms with Crippen molar-refractivity contribution in [2.24, 2.45) is 14.1 Å². The van der Waals surface area contributed by atoms with Crippen LogP contribution in [0.15, 0.2) is 52.8 Å². The monoisotopic (exact) mass is 495 g/mol. The van der Waals surface area contributed by atoms with Gasteiger partial charge in [0.15, 0.2) is 11.0 Å². The van der Waals surface area contributed by atoms with E-state index in [4.69, 9.17) is 4.74 Å². The number of rotatable bonds is 8. The van der Waals surface area contributed by atoms with Gasteiger partial charge in [-0.1, -0.05) is 42.1 Å². The molecule has 1 aliphatic rings. The second kappa shape index (κ2) is 10.3. The summed E-state index contributed by atoms with van der Waals surface area (Å²) in [6, 6.07) is 10.5. The predicted octanol–water partition coefficient (Wildman–Crippen LogP) is 3.22. The number of carbonyl (C=O) groups excluding carboxylic acids is 2. The smallest absolute Gasteiger partial charge is 0.338 e. The maximum atomic E-state index is 13.2. The number of carbonyl (C=O) groups is 2. The number of aromatic nitrogens is 5. The minimum absolute atomic E-state index is 0.237. The van der Waals surface area contributed by atoms with Crippen molar-refractivity contribution < 1.29 is 14.3 Å². The van der Waals surface area contributed by atoms with Crippen LogP contribution in [0.1, 0.15) is 31.1 Å². The maximum Gasteiger partial charge on any atom is 0.338 e. The summed E-state index contributed by atoms with van der Waals surface area (Å²) in [6.45, 7) is 6.26. The first kappa shape index (κ1) is 24.5. The molecule has 0 spiro atoms. The number of amides is 2. The highest BCUT2D eigenvalue weighted by Crippen LogP contribution is 2.34. The lowest BCUT2D eigenvalue weighted by Crippen LogP contribution is -2.49. The quantitative estimate of drug-likeness (QED) is 0.378. The zero-order valence-corrected chi connectivity index (χ0v) is 21.3. The number of urea groups is 1. The van der Waals surface area contributed by atoms with Gasteiger partial charge >= 0.3 is 12.0 Å². The van der Waals surface area contributed by atoms with E-state index in [1.807, 2.05) is 68.9 Å². The lowest BCUT2D eigenvalue weighted by Gasteiger charge is -2.36. The van der Waals surface area contributed by atoms with Crippen molar-refractivity contribution >= 4 is 23.8 Å². The van der Waals surface area contributed by atoms with Crippen molar-refractivity contribution in [3.63, 3.8) is 0 Å². The van der Waals surface area contributed by atoms with Crippen LogP contribution in [0.3, 0.4) is 0 Å². The zero-order valence-electron chi connectivity index (χ0n) is 20.5. The van der Waals surface area contributed by atoms with Crippen LogP contribution in [-0.4, -0.2) is 60.3 Å². The summed E-state index contributed by atoms with van der Waals surface area (Å²) in [6.07, 6.45) is 0. The number of nitrogens with one attached hydrogen (secondary N) is 1. The summed E-state index contributed by atoms with van der Waals surface area (Å²) < 4.78 is 9.07. The largest absolute Gasteiger partial charge is 0.463 e. The first-order valence-corrected chi connectivity index (χ1v) is 12.4. The molecule has 0 aliphatic carbocycles. The fourth-order valence-electron chi connectivity index (χ4n) is 4.00. The van der Waals surface area contributed by atoms with Crippen molar-refractivity contribution in [3.8, 4) is 11.5 Å². The molecule has 35 heavy (non-hydrogen) atoms. The molecule has 3 aromatic rings. The average Bonchev–Trinajstić information content (AvgIpc) is 3.38. The van der Waals surface area contributed by atoms with Gasteiger partial charge in [-0.15, -0.1) is 10.2 Å². The number of hydrogen-bond acceptors (Lipinski definition) is 7. The molecular weight excluding hydrogens is 466 g/mol. The van der Waals surface area contributed by atoms with Gasteiger partial charge in [0.2, 0.25) is 0 Å². The van der Waals surface area contributed by atoms with Crippen molar-refractivity contribution in [1.29, 1.82) is 0 Å². The normalized spacial score (nSPS) is 16.0. The maximum absolute atomic E-state index is 13.2. The lowest BCUT2D eigenvalue weighted by atomic mass is 9.95. The number of aryl methyl sites for hydroxylation is 2. The molecule has 1 aromatic carbocycles. The van der Waals surface area contributed by atoms with Crippen molar-refractivity contribution in [2.45, 2.75) is 32.0 Å². The van der Waals surface area contributed by atoms with E-state index in [0.717, 1.165) is 17.0 Å². The summed E-state index contributed by atoms with van der Waals surface area (Å²) in [5.41, 5.74) is 3.59. The Morgan fingerprint density at radius 3 is 2.54 bits per heavy atom. The first-order chi connectivity index (χ1) is 16.8. The van der Waals surface area contributed by atoms with Crippen LogP contribution in [0.2, 0.25) is 0 Å². The van der Waals surface area contributed by atoms with Crippen molar-refractivity contribution in [1.82, 2.24) is 34.8 Å². The summed E-state index contributed by atoms with van der Waals surface area (Å²) in [4.78, 5) is 27.8. The SMILES string of the molecule is CCOC(=O)C1=C(CSc2nnc(-c3cc(C)n(C)n3)n2C)N(CC)C(=O)NC1c1ccccc1. The summed E-state index contributed by atoms with van der Waals surface area (Å²) >= 11 is 1.41. The van der Waals surface area contributed by atoms with E-state index in [1.54, 1.807) is 16.5 Å². The van der Waals surface area contributed by atoms with Crippen molar-refractivity contribution in [2.75, 3.05) is 18.9 Å². The van der Waals surface area contributed by atoms with Crippen LogP contribution < -0.4 is 5.32 Å². The Morgan fingerprint density at radius 2 is 1.91 bits per heavy atom. The van der Waals surface area contributed by atoms with E-state index in [1.165, 1.54) is 11.8 Å². The second-order valence-corrected chi connectivity index (χ2v) is 9.01. The van der Waals surface area contributed by atoms with Crippen LogP contribution >= 0.6 is 11.8 Å². The number of nitrogens with zero attached hydrogens (tertiary/aromatic N) is 6. The Hall–Kier alpha value is -3.60. The Bertz CT molecular complexity index is 1250. The molecule has 184 valence electrons. The third kappa shape index (κ3) is 4.81. The molecular formula is C24H29N7O3S. The Morgan fingerprint density at radius 1 is 1.17 bits per heavy atom. The van der Waals surface area contributed by atoms with Gasteiger partial charge in [0.1, 0.15) is 5.69 Å². The average molecular weight is 496 g/mol. The molecule has 0 bridgehead atoms. The molecule has 2 aromatic heterocycles. The second-order valence-electron chi connectivity index (χ2n) is 8.07. The van der Waals surface area contributed by atoms with Crippen LogP contribution in [0.5, 0.6) is 0 Å². The van der Waals surface area contributed by atoms with Crippen molar-refractivity contribution in [3.05, 3.63) is 58.9 Å². The standard InChI is InChI=1S/C24H29N7O3S/c1-6-31-18(14-35-24-27-26-21(29(24)4)17-13-15(3)30(5)28-17)19(22(32)34-7-2)20(25-23(31)33)16-11-9-8-10-12-16/h8-13,20H,6-7,14H2,1-5H3,(H,25,33). The van der Waals surface area contributed by atoms with Crippen LogP contribution in [0, 0.1) is 6.92 Å². The fraction of sp³-hybridized carbons (Fsp3) is 0.375. The Labute approximate surface area is 208 Å². The molecule has 0 radical (unpaired) electrons. The van der Waals surface area contributed by atoms with Gasteiger partial charge in [0.25, 0.3) is 0 Å². The summed E-state index contributed by atoms with van der Waals surface area (Å²) in [7, 11) is 3.76. The van der Waals surface area contributed by atoms with Gasteiger partial charge in [0, 0.05) is 37.8 Å². The highest BCUT2D eigenvalue weighted by atomic mass is 32.2. The van der Waals surface area contributed by atoms with Crippen LogP contribution in [0.25, 0.3) is 11.5 Å². The topological polar surface area (TPSA) is 107 Å². The van der Waals surface area contributed by atoms with Gasteiger partial charge in [-0.25, -0.2) is 9.59 Å². The van der Waals surface area contributed by atoms with Gasteiger partial charge in [-0.3, -0.25) is 9.58 Å². The third-order valence-electron chi connectivity index (χ3n) is 5.90. The molecule has 2 amide bonds. The molecule has 3 heterocycles. The molecule has 0 saturated carbocycles. The predicted molar refractivity (Wildman–Crippen MR) is 132 cm³/mol. The van der Waals surface area contributed by atoms with Crippen LogP contribution in [0.4, 0.5) is 4.79 Å². The summed E-state index contributed by atoms with van der Waals surface area (Å²) in [5.74, 6) is 0.538. The number of ether oxygens (including phenoxy) is 1. The minimum atomic E-state index is -0.604. The number of benzene rings is 1. The van der Waals surface area contributed by atoms with E-state index >= 15 is 0 Å². The molecule has 0 saturated heterocycles. The molecule has 0 fully saturated rings.